The van der Waals surface area contributed by atoms with Crippen LogP contribution in [0.2, 0.25) is 0 Å². The third kappa shape index (κ3) is 3.07. The zero-order chi connectivity index (χ0) is 18.3. The SMILES string of the molecule is Cc1cccc(OC(C)(C)C(=O)N2CCC3OCc4cnnn4C3C2)c1. The maximum atomic E-state index is 13.1. The zero-order valence-corrected chi connectivity index (χ0v) is 15.4. The fourth-order valence-corrected chi connectivity index (χ4v) is 3.76. The van der Waals surface area contributed by atoms with E-state index in [1.165, 1.54) is 0 Å². The summed E-state index contributed by atoms with van der Waals surface area (Å²) in [6, 6.07) is 7.77. The molecule has 2 unspecified atom stereocenters. The third-order valence-corrected chi connectivity index (χ3v) is 5.09. The monoisotopic (exact) mass is 356 g/mol. The topological polar surface area (TPSA) is 69.5 Å². The molecule has 0 radical (unpaired) electrons. The van der Waals surface area contributed by atoms with Gasteiger partial charge in [0.1, 0.15) is 5.75 Å². The number of rotatable bonds is 3. The maximum Gasteiger partial charge on any atom is 0.266 e. The minimum absolute atomic E-state index is 0.00807. The summed E-state index contributed by atoms with van der Waals surface area (Å²) in [5.74, 6) is 0.683. The fraction of sp³-hybridized carbons (Fsp3) is 0.526. The second-order valence-corrected chi connectivity index (χ2v) is 7.56. The number of aromatic nitrogens is 3. The molecule has 7 nitrogen and oxygen atoms in total. The number of nitrogens with zero attached hydrogens (tertiary/aromatic N) is 4. The molecule has 7 heteroatoms. The molecule has 0 aliphatic carbocycles. The summed E-state index contributed by atoms with van der Waals surface area (Å²) in [5.41, 5.74) is 1.11. The normalized spacial score (nSPS) is 22.5. The van der Waals surface area contributed by atoms with E-state index in [1.54, 1.807) is 6.20 Å². The summed E-state index contributed by atoms with van der Waals surface area (Å²) >= 11 is 0. The van der Waals surface area contributed by atoms with Crippen LogP contribution in [-0.4, -0.2) is 50.6 Å². The Morgan fingerprint density at radius 2 is 2.23 bits per heavy atom. The maximum absolute atomic E-state index is 13.1. The minimum atomic E-state index is -0.943. The summed E-state index contributed by atoms with van der Waals surface area (Å²) in [4.78, 5) is 15.0. The van der Waals surface area contributed by atoms with Gasteiger partial charge >= 0.3 is 0 Å². The summed E-state index contributed by atoms with van der Waals surface area (Å²) < 4.78 is 13.9. The standard InChI is InChI=1S/C19H24N4O3/c1-13-5-4-6-15(9-13)26-19(2,3)18(24)22-8-7-17-16(11-22)23-14(12-25-17)10-20-21-23/h4-6,9-10,16-17H,7-8,11-12H2,1-3H3. The molecular formula is C19H24N4O3. The Kier molecular flexibility index (Phi) is 4.19. The number of ether oxygens (including phenoxy) is 2. The van der Waals surface area contributed by atoms with Gasteiger partial charge in [0.2, 0.25) is 0 Å². The zero-order valence-electron chi connectivity index (χ0n) is 15.4. The quantitative estimate of drug-likeness (QED) is 0.842. The van der Waals surface area contributed by atoms with E-state index in [-0.39, 0.29) is 18.1 Å². The van der Waals surface area contributed by atoms with Crippen molar-refractivity contribution in [1.82, 2.24) is 19.9 Å². The van der Waals surface area contributed by atoms with Gasteiger partial charge in [-0.15, -0.1) is 5.10 Å². The molecule has 2 aromatic rings. The number of benzene rings is 1. The number of piperidine rings is 1. The molecule has 2 aliphatic heterocycles. The van der Waals surface area contributed by atoms with Gasteiger partial charge in [-0.3, -0.25) is 4.79 Å². The minimum Gasteiger partial charge on any atom is -0.478 e. The molecule has 1 fully saturated rings. The van der Waals surface area contributed by atoms with Gasteiger partial charge in [0.05, 0.1) is 30.6 Å². The molecular weight excluding hydrogens is 332 g/mol. The Bertz CT molecular complexity index is 817. The Morgan fingerprint density at radius 3 is 3.04 bits per heavy atom. The predicted octanol–water partition coefficient (Wildman–Crippen LogP) is 2.12. The second-order valence-electron chi connectivity index (χ2n) is 7.56. The van der Waals surface area contributed by atoms with Crippen LogP contribution in [0.5, 0.6) is 5.75 Å². The number of hydrogen-bond acceptors (Lipinski definition) is 5. The Labute approximate surface area is 152 Å². The van der Waals surface area contributed by atoms with Gasteiger partial charge in [-0.1, -0.05) is 17.3 Å². The molecule has 0 bridgehead atoms. The van der Waals surface area contributed by atoms with E-state index in [1.807, 2.05) is 54.6 Å². The largest absolute Gasteiger partial charge is 0.478 e. The van der Waals surface area contributed by atoms with Gasteiger partial charge in [-0.2, -0.15) is 0 Å². The highest BCUT2D eigenvalue weighted by molar-refractivity contribution is 5.85. The van der Waals surface area contributed by atoms with Crippen LogP contribution in [0, 0.1) is 6.92 Å². The predicted molar refractivity (Wildman–Crippen MR) is 94.7 cm³/mol. The molecule has 1 saturated heterocycles. The van der Waals surface area contributed by atoms with Crippen LogP contribution in [0.25, 0.3) is 0 Å². The molecule has 2 atom stereocenters. The van der Waals surface area contributed by atoms with Gasteiger partial charge < -0.3 is 14.4 Å². The number of amides is 1. The van der Waals surface area contributed by atoms with Crippen LogP contribution in [0.3, 0.4) is 0 Å². The highest BCUT2D eigenvalue weighted by Gasteiger charge is 2.42. The summed E-state index contributed by atoms with van der Waals surface area (Å²) in [6.45, 7) is 7.39. The first-order chi connectivity index (χ1) is 12.4. The van der Waals surface area contributed by atoms with E-state index in [0.29, 0.717) is 25.4 Å². The highest BCUT2D eigenvalue weighted by Crippen LogP contribution is 2.31. The van der Waals surface area contributed by atoms with Gasteiger partial charge in [0.15, 0.2) is 5.60 Å². The first-order valence-corrected chi connectivity index (χ1v) is 9.00. The van der Waals surface area contributed by atoms with Crippen molar-refractivity contribution in [2.24, 2.45) is 0 Å². The van der Waals surface area contributed by atoms with Gasteiger partial charge in [0.25, 0.3) is 5.91 Å². The number of hydrogen-bond donors (Lipinski definition) is 0. The van der Waals surface area contributed by atoms with E-state index < -0.39 is 5.60 Å². The molecule has 0 N–H and O–H groups in total. The molecule has 4 rings (SSSR count). The van der Waals surface area contributed by atoms with Crippen molar-refractivity contribution >= 4 is 5.91 Å². The van der Waals surface area contributed by atoms with Crippen LogP contribution >= 0.6 is 0 Å². The Morgan fingerprint density at radius 1 is 1.38 bits per heavy atom. The average molecular weight is 356 g/mol. The molecule has 138 valence electrons. The lowest BCUT2D eigenvalue weighted by molar-refractivity contribution is -0.151. The molecule has 26 heavy (non-hydrogen) atoms. The molecule has 3 heterocycles. The molecule has 1 aromatic carbocycles. The first kappa shape index (κ1) is 17.0. The summed E-state index contributed by atoms with van der Waals surface area (Å²) in [7, 11) is 0. The smallest absolute Gasteiger partial charge is 0.266 e. The van der Waals surface area contributed by atoms with Crippen molar-refractivity contribution in [3.05, 3.63) is 41.7 Å². The van der Waals surface area contributed by atoms with E-state index in [9.17, 15) is 4.79 Å². The highest BCUT2D eigenvalue weighted by atomic mass is 16.5. The second kappa shape index (κ2) is 6.39. The molecule has 2 aliphatic rings. The third-order valence-electron chi connectivity index (χ3n) is 5.09. The molecule has 0 spiro atoms. The van der Waals surface area contributed by atoms with Gasteiger partial charge in [-0.25, -0.2) is 4.68 Å². The summed E-state index contributed by atoms with van der Waals surface area (Å²) in [6.07, 6.45) is 2.59. The van der Waals surface area contributed by atoms with Crippen LogP contribution in [-0.2, 0) is 16.1 Å². The molecule has 0 saturated carbocycles. The van der Waals surface area contributed by atoms with Gasteiger partial charge in [0, 0.05) is 13.1 Å². The lowest BCUT2D eigenvalue weighted by atomic mass is 9.98. The fourth-order valence-electron chi connectivity index (χ4n) is 3.76. The number of fused-ring (bicyclic) bond motifs is 3. The van der Waals surface area contributed by atoms with Crippen molar-refractivity contribution in [2.45, 2.75) is 51.5 Å². The van der Waals surface area contributed by atoms with Crippen molar-refractivity contribution in [3.8, 4) is 5.75 Å². The van der Waals surface area contributed by atoms with Crippen LogP contribution in [0.15, 0.2) is 30.5 Å². The van der Waals surface area contributed by atoms with Crippen LogP contribution in [0.4, 0.5) is 0 Å². The number of aryl methyl sites for hydroxylation is 1. The summed E-state index contributed by atoms with van der Waals surface area (Å²) in [5, 5.41) is 8.17. The lowest BCUT2D eigenvalue weighted by Gasteiger charge is -2.43. The van der Waals surface area contributed by atoms with E-state index >= 15 is 0 Å². The number of carbonyl (C=O) groups excluding carboxylic acids is 1. The first-order valence-electron chi connectivity index (χ1n) is 9.00. The van der Waals surface area contributed by atoms with Crippen molar-refractivity contribution in [2.75, 3.05) is 13.1 Å². The van der Waals surface area contributed by atoms with E-state index in [0.717, 1.165) is 17.7 Å². The average Bonchev–Trinajstić information content (AvgIpc) is 3.09. The van der Waals surface area contributed by atoms with Crippen molar-refractivity contribution in [1.29, 1.82) is 0 Å². The number of likely N-dealkylation sites (tertiary alicyclic amines) is 1. The molecule has 1 amide bonds. The number of carbonyl (C=O) groups is 1. The Hall–Kier alpha value is -2.41. The van der Waals surface area contributed by atoms with E-state index in [4.69, 9.17) is 9.47 Å². The molecule has 1 aromatic heterocycles. The van der Waals surface area contributed by atoms with Crippen LogP contribution in [0.1, 0.15) is 37.6 Å². The van der Waals surface area contributed by atoms with Crippen molar-refractivity contribution in [3.63, 3.8) is 0 Å². The van der Waals surface area contributed by atoms with Gasteiger partial charge in [-0.05, 0) is 44.9 Å². The van der Waals surface area contributed by atoms with E-state index in [2.05, 4.69) is 10.3 Å². The van der Waals surface area contributed by atoms with Crippen molar-refractivity contribution < 1.29 is 14.3 Å². The Balaban J connectivity index is 1.50. The van der Waals surface area contributed by atoms with Crippen LogP contribution < -0.4 is 4.74 Å². The lowest BCUT2D eigenvalue weighted by Crippen LogP contribution is -2.56.